The summed E-state index contributed by atoms with van der Waals surface area (Å²) >= 11 is 0. The van der Waals surface area contributed by atoms with Crippen LogP contribution >= 0.6 is 0 Å². The first-order valence-electron chi connectivity index (χ1n) is 24.6. The van der Waals surface area contributed by atoms with Crippen LogP contribution in [0.1, 0.15) is 178 Å². The van der Waals surface area contributed by atoms with Crippen molar-refractivity contribution in [3.05, 3.63) is 107 Å². The summed E-state index contributed by atoms with van der Waals surface area (Å²) < 4.78 is 132. The van der Waals surface area contributed by atoms with Gasteiger partial charge in [-0.1, -0.05) is 89.5 Å². The van der Waals surface area contributed by atoms with E-state index in [0.29, 0.717) is 74.3 Å². The molecule has 6 rings (SSSR count). The minimum absolute atomic E-state index is 0.0292. The second kappa shape index (κ2) is 24.6. The number of rotatable bonds is 24. The van der Waals surface area contributed by atoms with Crippen LogP contribution in [0.2, 0.25) is 0 Å². The van der Waals surface area contributed by atoms with Gasteiger partial charge in [0.15, 0.2) is 23.3 Å². The number of hydrogen-bond acceptors (Lipinski definition) is 2. The van der Waals surface area contributed by atoms with Crippen LogP contribution in [-0.4, -0.2) is 19.1 Å². The predicted octanol–water partition coefficient (Wildman–Crippen LogP) is 18.0. The molecule has 0 saturated heterocycles. The summed E-state index contributed by atoms with van der Waals surface area (Å²) in [7, 11) is 0. The molecule has 2 aliphatic carbocycles. The van der Waals surface area contributed by atoms with Gasteiger partial charge in [-0.05, 0) is 136 Å². The molecule has 2 nitrogen and oxygen atoms in total. The lowest BCUT2D eigenvalue weighted by Crippen LogP contribution is -2.15. The van der Waals surface area contributed by atoms with Crippen LogP contribution in [0.15, 0.2) is 60.7 Å². The molecule has 4 aromatic carbocycles. The van der Waals surface area contributed by atoms with E-state index in [9.17, 15) is 8.78 Å². The number of alkyl halides is 2. The van der Waals surface area contributed by atoms with Gasteiger partial charge in [0, 0.05) is 47.2 Å². The third kappa shape index (κ3) is 14.0. The van der Waals surface area contributed by atoms with Crippen molar-refractivity contribution in [3.63, 3.8) is 0 Å². The maximum Gasteiger partial charge on any atom is 0.248 e. The van der Waals surface area contributed by atoms with Gasteiger partial charge in [-0.15, -0.1) is 0 Å². The fourth-order valence-corrected chi connectivity index (χ4v) is 10.3. The minimum atomic E-state index is -2.77. The molecular formula is C55H68F8O2. The van der Waals surface area contributed by atoms with E-state index in [1.54, 1.807) is 12.1 Å². The van der Waals surface area contributed by atoms with Crippen molar-refractivity contribution >= 4 is 0 Å². The topological polar surface area (TPSA) is 18.5 Å². The van der Waals surface area contributed by atoms with Gasteiger partial charge in [0.1, 0.15) is 23.1 Å². The number of halogens is 8. The lowest BCUT2D eigenvalue weighted by Gasteiger charge is -2.29. The third-order valence-corrected chi connectivity index (χ3v) is 14.1. The van der Waals surface area contributed by atoms with E-state index in [4.69, 9.17) is 9.47 Å². The van der Waals surface area contributed by atoms with Crippen LogP contribution in [0.4, 0.5) is 35.1 Å². The van der Waals surface area contributed by atoms with E-state index < -0.39 is 40.8 Å². The normalized spacial score (nSPS) is 19.1. The van der Waals surface area contributed by atoms with Gasteiger partial charge in [-0.2, -0.15) is 0 Å². The van der Waals surface area contributed by atoms with Crippen molar-refractivity contribution in [2.75, 3.05) is 13.2 Å². The fraction of sp³-hybridized carbons (Fsp3) is 0.564. The Labute approximate surface area is 381 Å². The van der Waals surface area contributed by atoms with Gasteiger partial charge in [-0.3, -0.25) is 0 Å². The molecule has 0 bridgehead atoms. The Hall–Kier alpha value is -4.08. The summed E-state index contributed by atoms with van der Waals surface area (Å²) in [6.07, 6.45) is 16.0. The Balaban J connectivity index is 0.820. The summed E-state index contributed by atoms with van der Waals surface area (Å²) in [5.41, 5.74) is 0.418. The van der Waals surface area contributed by atoms with Gasteiger partial charge >= 0.3 is 0 Å². The average Bonchev–Trinajstić information content (AvgIpc) is 3.29. The number of ether oxygens (including phenoxy) is 2. The molecule has 2 aliphatic rings. The van der Waals surface area contributed by atoms with Crippen molar-refractivity contribution in [1.82, 2.24) is 0 Å². The molecule has 0 unspecified atom stereocenters. The lowest BCUT2D eigenvalue weighted by molar-refractivity contribution is -0.0207. The molecule has 65 heavy (non-hydrogen) atoms. The zero-order valence-electron chi connectivity index (χ0n) is 38.4. The standard InChI is InChI=1S/C55H68F8O2/c1-3-13-37-15-19-39(20-16-37)43-27-29-47(53(60)51(43)58)45-25-23-41(35-49(45)56)64-33-11-7-5-9-31-55(62,63)32-10-6-8-12-34-65-42-24-26-46(50(57)36-42)48-30-28-44(52(59)54(48)61)40-21-17-38(14-4-2)18-22-40/h23-30,35-40H,3-22,31-34H2,1-2H3. The minimum Gasteiger partial charge on any atom is -0.493 e. The highest BCUT2D eigenvalue weighted by molar-refractivity contribution is 5.67. The highest BCUT2D eigenvalue weighted by atomic mass is 19.3. The predicted molar refractivity (Wildman–Crippen MR) is 245 cm³/mol. The SMILES string of the molecule is CCCC1CCC(c2ccc(-c3ccc(OCCCCCCC(F)(F)CCCCCCOc4ccc(-c5ccc(C6CCC(CCC)CC6)c(F)c5F)c(F)c4)cc3F)c(F)c2F)CC1. The molecule has 0 spiro atoms. The Morgan fingerprint density at radius 2 is 0.815 bits per heavy atom. The second-order valence-corrected chi connectivity index (χ2v) is 18.8. The van der Waals surface area contributed by atoms with Crippen LogP contribution in [-0.2, 0) is 0 Å². The molecule has 4 aromatic rings. The summed E-state index contributed by atoms with van der Waals surface area (Å²) in [5, 5.41) is 0. The lowest BCUT2D eigenvalue weighted by atomic mass is 9.77. The zero-order chi connectivity index (χ0) is 46.3. The largest absolute Gasteiger partial charge is 0.493 e. The van der Waals surface area contributed by atoms with Gasteiger partial charge in [0.2, 0.25) is 5.92 Å². The molecule has 0 heterocycles. The second-order valence-electron chi connectivity index (χ2n) is 18.8. The van der Waals surface area contributed by atoms with Crippen LogP contribution < -0.4 is 9.47 Å². The Morgan fingerprint density at radius 3 is 1.18 bits per heavy atom. The summed E-state index contributed by atoms with van der Waals surface area (Å²) in [5.74, 6) is -6.31. The highest BCUT2D eigenvalue weighted by Crippen LogP contribution is 2.42. The first-order valence-corrected chi connectivity index (χ1v) is 24.6. The first-order chi connectivity index (χ1) is 31.4. The van der Waals surface area contributed by atoms with Crippen molar-refractivity contribution in [2.24, 2.45) is 11.8 Å². The van der Waals surface area contributed by atoms with Crippen molar-refractivity contribution < 1.29 is 44.6 Å². The summed E-state index contributed by atoms with van der Waals surface area (Å²) in [4.78, 5) is 0. The molecule has 356 valence electrons. The molecule has 0 radical (unpaired) electrons. The first kappa shape index (κ1) is 50.3. The van der Waals surface area contributed by atoms with Crippen molar-refractivity contribution in [3.8, 4) is 33.8 Å². The summed E-state index contributed by atoms with van der Waals surface area (Å²) in [6.45, 7) is 4.86. The monoisotopic (exact) mass is 913 g/mol. The molecule has 2 saturated carbocycles. The quantitative estimate of drug-likeness (QED) is 0.0515. The highest BCUT2D eigenvalue weighted by Gasteiger charge is 2.29. The van der Waals surface area contributed by atoms with Gasteiger partial charge < -0.3 is 9.47 Å². The van der Waals surface area contributed by atoms with Gasteiger partial charge in [-0.25, -0.2) is 35.1 Å². The van der Waals surface area contributed by atoms with E-state index in [0.717, 1.165) is 89.2 Å². The van der Waals surface area contributed by atoms with Crippen LogP contribution in [0.5, 0.6) is 11.5 Å². The molecule has 0 aromatic heterocycles. The van der Waals surface area contributed by atoms with E-state index in [1.165, 1.54) is 36.4 Å². The maximum atomic E-state index is 15.2. The van der Waals surface area contributed by atoms with Gasteiger partial charge in [0.25, 0.3) is 0 Å². The molecular weight excluding hydrogens is 845 g/mol. The van der Waals surface area contributed by atoms with Gasteiger partial charge in [0.05, 0.1) is 13.2 Å². The summed E-state index contributed by atoms with van der Waals surface area (Å²) in [6, 6.07) is 14.3. The maximum absolute atomic E-state index is 15.2. The van der Waals surface area contributed by atoms with Crippen LogP contribution in [0.3, 0.4) is 0 Å². The fourth-order valence-electron chi connectivity index (χ4n) is 10.3. The number of benzene rings is 4. The van der Waals surface area contributed by atoms with E-state index in [1.807, 2.05) is 0 Å². The van der Waals surface area contributed by atoms with Crippen LogP contribution in [0, 0.1) is 46.7 Å². The molecule has 0 aliphatic heterocycles. The molecule has 0 amide bonds. The zero-order valence-corrected chi connectivity index (χ0v) is 38.4. The van der Waals surface area contributed by atoms with E-state index >= 15 is 26.3 Å². The van der Waals surface area contributed by atoms with Crippen LogP contribution in [0.25, 0.3) is 22.3 Å². The molecule has 10 heteroatoms. The molecule has 2 fully saturated rings. The van der Waals surface area contributed by atoms with Crippen molar-refractivity contribution in [2.45, 2.75) is 173 Å². The molecule has 0 atom stereocenters. The Morgan fingerprint density at radius 1 is 0.446 bits per heavy atom. The Kier molecular flexibility index (Phi) is 19.1. The van der Waals surface area contributed by atoms with E-state index in [-0.39, 0.29) is 71.6 Å². The smallest absolute Gasteiger partial charge is 0.248 e. The average molecular weight is 913 g/mol. The van der Waals surface area contributed by atoms with E-state index in [2.05, 4.69) is 13.8 Å². The number of unbranched alkanes of at least 4 members (excludes halogenated alkanes) is 6. The number of hydrogen-bond donors (Lipinski definition) is 0. The third-order valence-electron chi connectivity index (χ3n) is 14.1. The Bertz CT molecular complexity index is 1960. The molecule has 0 N–H and O–H groups in total. The van der Waals surface area contributed by atoms with Crippen molar-refractivity contribution in [1.29, 1.82) is 0 Å².